The van der Waals surface area contributed by atoms with Gasteiger partial charge in [-0.25, -0.2) is 0 Å². The monoisotopic (exact) mass is 240 g/mol. The molecule has 0 aromatic carbocycles. The first kappa shape index (κ1) is 11.4. The van der Waals surface area contributed by atoms with Crippen LogP contribution in [0.5, 0.6) is 0 Å². The summed E-state index contributed by atoms with van der Waals surface area (Å²) in [6, 6.07) is 1.81. The van der Waals surface area contributed by atoms with Gasteiger partial charge in [-0.05, 0) is 18.9 Å². The lowest BCUT2D eigenvalue weighted by Gasteiger charge is -2.23. The molecule has 1 aromatic heterocycles. The number of nitrogens with zero attached hydrogens (tertiary/aromatic N) is 1. The van der Waals surface area contributed by atoms with E-state index in [9.17, 15) is 4.79 Å². The van der Waals surface area contributed by atoms with E-state index < -0.39 is 0 Å². The van der Waals surface area contributed by atoms with Crippen LogP contribution < -0.4 is 5.32 Å². The van der Waals surface area contributed by atoms with Crippen molar-refractivity contribution in [3.05, 3.63) is 29.0 Å². The van der Waals surface area contributed by atoms with Crippen LogP contribution in [-0.4, -0.2) is 30.1 Å². The molecule has 1 amide bonds. The van der Waals surface area contributed by atoms with Crippen LogP contribution in [0.4, 0.5) is 0 Å². The summed E-state index contributed by atoms with van der Waals surface area (Å²) >= 11 is 5.89. The zero-order valence-electron chi connectivity index (χ0n) is 8.78. The van der Waals surface area contributed by atoms with Crippen molar-refractivity contribution >= 4 is 17.5 Å². The highest BCUT2D eigenvalue weighted by Gasteiger charge is 2.18. The predicted molar refractivity (Wildman–Crippen MR) is 60.6 cm³/mol. The molecule has 2 heterocycles. The van der Waals surface area contributed by atoms with E-state index in [1.165, 1.54) is 6.20 Å². The van der Waals surface area contributed by atoms with Crippen LogP contribution in [0, 0.1) is 0 Å². The summed E-state index contributed by atoms with van der Waals surface area (Å²) in [6.45, 7) is 1.41. The molecule has 0 atom stereocenters. The number of ether oxygens (including phenoxy) is 1. The molecule has 1 aromatic rings. The predicted octanol–water partition coefficient (Wildman–Crippen LogP) is 1.64. The van der Waals surface area contributed by atoms with Gasteiger partial charge in [-0.3, -0.25) is 9.78 Å². The maximum atomic E-state index is 11.9. The van der Waals surface area contributed by atoms with E-state index in [1.807, 2.05) is 0 Å². The number of halogens is 1. The highest BCUT2D eigenvalue weighted by molar-refractivity contribution is 6.33. The van der Waals surface area contributed by atoms with Gasteiger partial charge in [-0.1, -0.05) is 11.6 Å². The van der Waals surface area contributed by atoms with E-state index in [0.717, 1.165) is 12.8 Å². The number of hydrogen-bond donors (Lipinski definition) is 1. The fourth-order valence-corrected chi connectivity index (χ4v) is 1.87. The van der Waals surface area contributed by atoms with Crippen LogP contribution in [0.1, 0.15) is 23.2 Å². The molecule has 0 aliphatic carbocycles. The Morgan fingerprint density at radius 3 is 2.94 bits per heavy atom. The summed E-state index contributed by atoms with van der Waals surface area (Å²) in [5.41, 5.74) is 0.475. The average Bonchev–Trinajstić information content (AvgIpc) is 2.31. The largest absolute Gasteiger partial charge is 0.381 e. The first-order valence-electron chi connectivity index (χ1n) is 5.25. The molecule has 86 valence electrons. The lowest BCUT2D eigenvalue weighted by atomic mass is 10.1. The van der Waals surface area contributed by atoms with E-state index in [4.69, 9.17) is 16.3 Å². The third kappa shape index (κ3) is 2.71. The Labute approximate surface area is 99.0 Å². The minimum atomic E-state index is -0.140. The summed E-state index contributed by atoms with van der Waals surface area (Å²) in [5, 5.41) is 3.33. The minimum absolute atomic E-state index is 0.140. The Bertz CT molecular complexity index is 378. The van der Waals surface area contributed by atoms with Gasteiger partial charge in [0.1, 0.15) is 0 Å². The van der Waals surface area contributed by atoms with Crippen LogP contribution in [0.2, 0.25) is 5.02 Å². The Morgan fingerprint density at radius 1 is 1.50 bits per heavy atom. The lowest BCUT2D eigenvalue weighted by Crippen LogP contribution is -2.39. The zero-order chi connectivity index (χ0) is 11.4. The fraction of sp³-hybridized carbons (Fsp3) is 0.455. The molecule has 4 nitrogen and oxygen atoms in total. The van der Waals surface area contributed by atoms with Crippen molar-refractivity contribution in [3.63, 3.8) is 0 Å². The fourth-order valence-electron chi connectivity index (χ4n) is 1.66. The third-order valence-corrected chi connectivity index (χ3v) is 2.87. The molecule has 0 radical (unpaired) electrons. The number of aromatic nitrogens is 1. The van der Waals surface area contributed by atoms with Crippen LogP contribution in [0.25, 0.3) is 0 Å². The molecule has 16 heavy (non-hydrogen) atoms. The normalized spacial score (nSPS) is 17.1. The van der Waals surface area contributed by atoms with E-state index in [0.29, 0.717) is 23.8 Å². The second-order valence-electron chi connectivity index (χ2n) is 3.72. The van der Waals surface area contributed by atoms with Gasteiger partial charge in [0.25, 0.3) is 5.91 Å². The van der Waals surface area contributed by atoms with Crippen LogP contribution >= 0.6 is 11.6 Å². The van der Waals surface area contributed by atoms with Gasteiger partial charge in [0.2, 0.25) is 0 Å². The second-order valence-corrected chi connectivity index (χ2v) is 4.12. The Morgan fingerprint density at radius 2 is 2.25 bits per heavy atom. The van der Waals surface area contributed by atoms with Gasteiger partial charge in [-0.15, -0.1) is 0 Å². The molecule has 1 fully saturated rings. The molecule has 0 unspecified atom stereocenters. The van der Waals surface area contributed by atoms with E-state index >= 15 is 0 Å². The van der Waals surface area contributed by atoms with Gasteiger partial charge in [0, 0.05) is 31.6 Å². The minimum Gasteiger partial charge on any atom is -0.381 e. The number of nitrogens with one attached hydrogen (secondary N) is 1. The van der Waals surface area contributed by atoms with Crippen LogP contribution in [-0.2, 0) is 4.74 Å². The van der Waals surface area contributed by atoms with Crippen LogP contribution in [0.3, 0.4) is 0 Å². The molecule has 0 saturated carbocycles. The number of carbonyl (C=O) groups excluding carboxylic acids is 1. The van der Waals surface area contributed by atoms with Gasteiger partial charge in [0.05, 0.1) is 10.6 Å². The second kappa shape index (κ2) is 5.27. The third-order valence-electron chi connectivity index (χ3n) is 2.57. The molecular weight excluding hydrogens is 228 g/mol. The van der Waals surface area contributed by atoms with Crippen molar-refractivity contribution in [2.24, 2.45) is 0 Å². The van der Waals surface area contributed by atoms with E-state index in [-0.39, 0.29) is 11.9 Å². The van der Waals surface area contributed by atoms with Gasteiger partial charge >= 0.3 is 0 Å². The Hall–Kier alpha value is -1.13. The summed E-state index contributed by atoms with van der Waals surface area (Å²) in [7, 11) is 0. The zero-order valence-corrected chi connectivity index (χ0v) is 9.54. The SMILES string of the molecule is O=C(NC1CCOCC1)c1ccncc1Cl. The number of hydrogen-bond acceptors (Lipinski definition) is 3. The number of carbonyl (C=O) groups is 1. The van der Waals surface area contributed by atoms with E-state index in [2.05, 4.69) is 10.3 Å². The highest BCUT2D eigenvalue weighted by Crippen LogP contribution is 2.14. The average molecular weight is 241 g/mol. The van der Waals surface area contributed by atoms with Gasteiger partial charge in [-0.2, -0.15) is 0 Å². The summed E-state index contributed by atoms with van der Waals surface area (Å²) in [5.74, 6) is -0.140. The van der Waals surface area contributed by atoms with Crippen molar-refractivity contribution in [1.29, 1.82) is 0 Å². The maximum absolute atomic E-state index is 11.9. The molecule has 0 spiro atoms. The first-order valence-corrected chi connectivity index (χ1v) is 5.63. The first-order chi connectivity index (χ1) is 7.77. The van der Waals surface area contributed by atoms with E-state index in [1.54, 1.807) is 12.3 Å². The van der Waals surface area contributed by atoms with Crippen molar-refractivity contribution < 1.29 is 9.53 Å². The smallest absolute Gasteiger partial charge is 0.253 e. The van der Waals surface area contributed by atoms with Crippen molar-refractivity contribution in [2.45, 2.75) is 18.9 Å². The summed E-state index contributed by atoms with van der Waals surface area (Å²) in [4.78, 5) is 15.7. The lowest BCUT2D eigenvalue weighted by molar-refractivity contribution is 0.0696. The van der Waals surface area contributed by atoms with Crippen molar-refractivity contribution in [3.8, 4) is 0 Å². The van der Waals surface area contributed by atoms with Crippen molar-refractivity contribution in [2.75, 3.05) is 13.2 Å². The van der Waals surface area contributed by atoms with Gasteiger partial charge < -0.3 is 10.1 Å². The van der Waals surface area contributed by atoms with Gasteiger partial charge in [0.15, 0.2) is 0 Å². The molecule has 1 saturated heterocycles. The number of amides is 1. The Balaban J connectivity index is 2.00. The molecule has 1 aliphatic heterocycles. The quantitative estimate of drug-likeness (QED) is 0.855. The standard InChI is InChI=1S/C11H13ClN2O2/c12-10-7-13-4-1-9(10)11(15)14-8-2-5-16-6-3-8/h1,4,7-8H,2-3,5-6H2,(H,14,15). The Kier molecular flexibility index (Phi) is 3.74. The maximum Gasteiger partial charge on any atom is 0.253 e. The topological polar surface area (TPSA) is 51.2 Å². The molecule has 2 rings (SSSR count). The molecule has 1 aliphatic rings. The highest BCUT2D eigenvalue weighted by atomic mass is 35.5. The number of rotatable bonds is 2. The molecular formula is C11H13ClN2O2. The van der Waals surface area contributed by atoms with Crippen molar-refractivity contribution in [1.82, 2.24) is 10.3 Å². The molecule has 0 bridgehead atoms. The summed E-state index contributed by atoms with van der Waals surface area (Å²) < 4.78 is 5.22. The van der Waals surface area contributed by atoms with Crippen LogP contribution in [0.15, 0.2) is 18.5 Å². The molecule has 5 heteroatoms. The summed E-state index contributed by atoms with van der Waals surface area (Å²) in [6.07, 6.45) is 4.74. The molecule has 1 N–H and O–H groups in total. The number of pyridine rings is 1.